The smallest absolute Gasteiger partial charge is 0.191 e. The van der Waals surface area contributed by atoms with Gasteiger partial charge in [-0.3, -0.25) is 4.90 Å². The first-order chi connectivity index (χ1) is 11.8. The average Bonchev–Trinajstić information content (AvgIpc) is 3.31. The van der Waals surface area contributed by atoms with E-state index in [9.17, 15) is 0 Å². The zero-order chi connectivity index (χ0) is 16.7. The van der Waals surface area contributed by atoms with Crippen LogP contribution in [0.1, 0.15) is 19.1 Å². The lowest BCUT2D eigenvalue weighted by atomic mass is 9.95. The van der Waals surface area contributed by atoms with Crippen molar-refractivity contribution in [2.45, 2.75) is 25.4 Å². The molecule has 0 aromatic carbocycles. The number of rotatable bonds is 6. The zero-order valence-corrected chi connectivity index (χ0v) is 15.2. The van der Waals surface area contributed by atoms with E-state index in [1.807, 2.05) is 12.1 Å². The average molecular weight is 353 g/mol. The molecule has 7 heteroatoms. The molecule has 1 aromatic rings. The van der Waals surface area contributed by atoms with Crippen LogP contribution in [0.15, 0.2) is 27.8 Å². The number of hydrogen-bond acceptors (Lipinski definition) is 5. The van der Waals surface area contributed by atoms with Gasteiger partial charge in [0.1, 0.15) is 12.3 Å². The molecule has 0 saturated carbocycles. The summed E-state index contributed by atoms with van der Waals surface area (Å²) in [6, 6.07) is 3.85. The summed E-state index contributed by atoms with van der Waals surface area (Å²) in [5.74, 6) is 4.15. The first kappa shape index (κ1) is 17.6. The highest BCUT2D eigenvalue weighted by molar-refractivity contribution is 7.99. The number of nitrogens with zero attached hydrogens (tertiary/aromatic N) is 2. The minimum Gasteiger partial charge on any atom is -0.467 e. The van der Waals surface area contributed by atoms with Crippen LogP contribution in [0.2, 0.25) is 0 Å². The Morgan fingerprint density at radius 2 is 2.25 bits per heavy atom. The number of thioether (sulfide) groups is 1. The highest BCUT2D eigenvalue weighted by atomic mass is 32.2. The number of hydrogen-bond donors (Lipinski definition) is 2. The summed E-state index contributed by atoms with van der Waals surface area (Å²) in [5, 5.41) is 6.90. The van der Waals surface area contributed by atoms with Crippen molar-refractivity contribution in [2.24, 2.45) is 4.99 Å². The maximum absolute atomic E-state index is 5.53. The lowest BCUT2D eigenvalue weighted by molar-refractivity contribution is -0.0120. The van der Waals surface area contributed by atoms with Gasteiger partial charge in [-0.2, -0.15) is 11.8 Å². The fourth-order valence-corrected chi connectivity index (χ4v) is 4.76. The second-order valence-electron chi connectivity index (χ2n) is 6.25. The monoisotopic (exact) mass is 352 g/mol. The Morgan fingerprint density at radius 1 is 1.38 bits per heavy atom. The molecule has 1 unspecified atom stereocenters. The second-order valence-corrected chi connectivity index (χ2v) is 7.36. The molecule has 0 spiro atoms. The topological polar surface area (TPSA) is 62.0 Å². The van der Waals surface area contributed by atoms with E-state index in [2.05, 4.69) is 39.2 Å². The van der Waals surface area contributed by atoms with Crippen molar-refractivity contribution < 1.29 is 9.15 Å². The summed E-state index contributed by atoms with van der Waals surface area (Å²) < 4.78 is 10.9. The SMILES string of the molecule is CCNC(=NCc1ccco1)NCC1(N2CCOCC2)CCSC1. The van der Waals surface area contributed by atoms with Gasteiger partial charge in [-0.25, -0.2) is 4.99 Å². The van der Waals surface area contributed by atoms with Gasteiger partial charge in [-0.1, -0.05) is 0 Å². The van der Waals surface area contributed by atoms with E-state index in [4.69, 9.17) is 9.15 Å². The summed E-state index contributed by atoms with van der Waals surface area (Å²) in [4.78, 5) is 7.25. The predicted octanol–water partition coefficient (Wildman–Crippen LogP) is 1.54. The van der Waals surface area contributed by atoms with E-state index in [1.54, 1.807) is 6.26 Å². The molecule has 3 heterocycles. The molecule has 0 aliphatic carbocycles. The van der Waals surface area contributed by atoms with Gasteiger partial charge in [0.15, 0.2) is 5.96 Å². The Kier molecular flexibility index (Phi) is 6.45. The molecule has 134 valence electrons. The molecule has 2 aliphatic rings. The lowest BCUT2D eigenvalue weighted by Crippen LogP contribution is -2.60. The van der Waals surface area contributed by atoms with Crippen molar-refractivity contribution >= 4 is 17.7 Å². The van der Waals surface area contributed by atoms with Crippen molar-refractivity contribution in [3.05, 3.63) is 24.2 Å². The molecule has 0 radical (unpaired) electrons. The summed E-state index contributed by atoms with van der Waals surface area (Å²) >= 11 is 2.05. The molecule has 0 bridgehead atoms. The standard InChI is InChI=1S/C17H28N4O2S/c1-2-18-16(19-12-15-4-3-8-23-15)20-13-17(5-11-24-14-17)21-6-9-22-10-7-21/h3-4,8H,2,5-7,9-14H2,1H3,(H2,18,19,20). The van der Waals surface area contributed by atoms with Crippen LogP contribution in [-0.4, -0.2) is 67.3 Å². The van der Waals surface area contributed by atoms with Gasteiger partial charge in [-0.15, -0.1) is 0 Å². The van der Waals surface area contributed by atoms with E-state index >= 15 is 0 Å². The normalized spacial score (nSPS) is 25.8. The van der Waals surface area contributed by atoms with Crippen molar-refractivity contribution in [1.29, 1.82) is 0 Å². The van der Waals surface area contributed by atoms with Gasteiger partial charge < -0.3 is 19.8 Å². The number of ether oxygens (including phenoxy) is 1. The minimum atomic E-state index is 0.218. The van der Waals surface area contributed by atoms with Crippen LogP contribution in [0.5, 0.6) is 0 Å². The number of guanidine groups is 1. The van der Waals surface area contributed by atoms with Crippen LogP contribution in [-0.2, 0) is 11.3 Å². The molecule has 2 aliphatic heterocycles. The third kappa shape index (κ3) is 4.46. The Bertz CT molecular complexity index is 509. The molecule has 0 amide bonds. The summed E-state index contributed by atoms with van der Waals surface area (Å²) in [6.45, 7) is 8.17. The second kappa shape index (κ2) is 8.78. The summed E-state index contributed by atoms with van der Waals surface area (Å²) in [6.07, 6.45) is 2.91. The third-order valence-electron chi connectivity index (χ3n) is 4.67. The molecule has 6 nitrogen and oxygen atoms in total. The molecular weight excluding hydrogens is 324 g/mol. The highest BCUT2D eigenvalue weighted by Crippen LogP contribution is 2.33. The summed E-state index contributed by atoms with van der Waals surface area (Å²) in [5.41, 5.74) is 0.218. The van der Waals surface area contributed by atoms with Gasteiger partial charge in [0.05, 0.1) is 19.5 Å². The highest BCUT2D eigenvalue weighted by Gasteiger charge is 2.40. The van der Waals surface area contributed by atoms with Crippen LogP contribution in [0, 0.1) is 0 Å². The van der Waals surface area contributed by atoms with Crippen molar-refractivity contribution in [3.8, 4) is 0 Å². The quantitative estimate of drug-likeness (QED) is 0.598. The first-order valence-corrected chi connectivity index (χ1v) is 9.93. The van der Waals surface area contributed by atoms with E-state index in [-0.39, 0.29) is 5.54 Å². The fraction of sp³-hybridized carbons (Fsp3) is 0.706. The molecular formula is C17H28N4O2S. The lowest BCUT2D eigenvalue weighted by Gasteiger charge is -2.43. The minimum absolute atomic E-state index is 0.218. The zero-order valence-electron chi connectivity index (χ0n) is 14.4. The Balaban J connectivity index is 1.61. The van der Waals surface area contributed by atoms with Gasteiger partial charge >= 0.3 is 0 Å². The number of nitrogens with one attached hydrogen (secondary N) is 2. The largest absolute Gasteiger partial charge is 0.467 e. The molecule has 3 rings (SSSR count). The van der Waals surface area contributed by atoms with Crippen LogP contribution in [0.3, 0.4) is 0 Å². The Morgan fingerprint density at radius 3 is 2.92 bits per heavy atom. The maximum atomic E-state index is 5.53. The van der Waals surface area contributed by atoms with E-state index < -0.39 is 0 Å². The number of aliphatic imine (C=N–C) groups is 1. The van der Waals surface area contributed by atoms with Gasteiger partial charge in [-0.05, 0) is 31.2 Å². The fourth-order valence-electron chi connectivity index (χ4n) is 3.28. The first-order valence-electron chi connectivity index (χ1n) is 8.77. The molecule has 2 saturated heterocycles. The van der Waals surface area contributed by atoms with E-state index in [0.29, 0.717) is 6.54 Å². The Hall–Kier alpha value is -1.18. The van der Waals surface area contributed by atoms with Crippen molar-refractivity contribution in [2.75, 3.05) is 50.9 Å². The number of furan rings is 1. The molecule has 24 heavy (non-hydrogen) atoms. The maximum Gasteiger partial charge on any atom is 0.191 e. The van der Waals surface area contributed by atoms with Crippen LogP contribution >= 0.6 is 11.8 Å². The van der Waals surface area contributed by atoms with Crippen molar-refractivity contribution in [1.82, 2.24) is 15.5 Å². The molecule has 2 fully saturated rings. The molecule has 2 N–H and O–H groups in total. The van der Waals surface area contributed by atoms with Gasteiger partial charge in [0.25, 0.3) is 0 Å². The third-order valence-corrected chi connectivity index (χ3v) is 5.90. The van der Waals surface area contributed by atoms with Crippen LogP contribution in [0.4, 0.5) is 0 Å². The van der Waals surface area contributed by atoms with Crippen molar-refractivity contribution in [3.63, 3.8) is 0 Å². The van der Waals surface area contributed by atoms with E-state index in [1.165, 1.54) is 17.9 Å². The van der Waals surface area contributed by atoms with Crippen LogP contribution in [0.25, 0.3) is 0 Å². The van der Waals surface area contributed by atoms with Gasteiger partial charge in [0.2, 0.25) is 0 Å². The molecule has 1 atom stereocenters. The Labute approximate surface area is 148 Å². The van der Waals surface area contributed by atoms with E-state index in [0.717, 1.165) is 51.1 Å². The van der Waals surface area contributed by atoms with Gasteiger partial charge in [0, 0.05) is 37.5 Å². The molecule has 1 aromatic heterocycles. The summed E-state index contributed by atoms with van der Waals surface area (Å²) in [7, 11) is 0. The van der Waals surface area contributed by atoms with Crippen LogP contribution < -0.4 is 10.6 Å². The number of morpholine rings is 1. The predicted molar refractivity (Wildman–Crippen MR) is 98.6 cm³/mol.